The van der Waals surface area contributed by atoms with E-state index in [9.17, 15) is 14.4 Å². The molecule has 0 aromatic heterocycles. The number of nitrogens with one attached hydrogen (secondary N) is 1. The Bertz CT molecular complexity index is 748. The summed E-state index contributed by atoms with van der Waals surface area (Å²) in [4.78, 5) is 35.5. The van der Waals surface area contributed by atoms with Gasteiger partial charge in [0.15, 0.2) is 0 Å². The van der Waals surface area contributed by atoms with E-state index in [-0.39, 0.29) is 11.1 Å². The van der Waals surface area contributed by atoms with E-state index >= 15 is 0 Å². The Kier molecular flexibility index (Phi) is 2.35. The molecule has 0 radical (unpaired) electrons. The number of carbonyl (C=O) groups excluding carboxylic acids is 3. The number of methoxy groups -OCH3 is 1. The Morgan fingerprint density at radius 2 is 1.89 bits per heavy atom. The molecule has 2 amide bonds. The normalized spacial score (nSPS) is 13.3. The van der Waals surface area contributed by atoms with Crippen LogP contribution in [0.2, 0.25) is 0 Å². The van der Waals surface area contributed by atoms with E-state index < -0.39 is 17.8 Å². The monoisotopic (exact) mass is 255 g/mol. The topological polar surface area (TPSA) is 72.5 Å². The zero-order valence-corrected chi connectivity index (χ0v) is 10.0. The second kappa shape index (κ2) is 3.91. The van der Waals surface area contributed by atoms with E-state index in [1.165, 1.54) is 13.2 Å². The van der Waals surface area contributed by atoms with E-state index in [1.54, 1.807) is 24.3 Å². The molecule has 0 bridgehead atoms. The van der Waals surface area contributed by atoms with Gasteiger partial charge in [-0.1, -0.05) is 18.2 Å². The SMILES string of the molecule is COC(=O)c1ccc2cccc3c2c1C(=O)NC3=O. The summed E-state index contributed by atoms with van der Waals surface area (Å²) in [6, 6.07) is 8.36. The maximum atomic E-state index is 12.0. The lowest BCUT2D eigenvalue weighted by Gasteiger charge is -2.18. The van der Waals surface area contributed by atoms with E-state index in [0.29, 0.717) is 10.9 Å². The summed E-state index contributed by atoms with van der Waals surface area (Å²) in [5.74, 6) is -1.63. The van der Waals surface area contributed by atoms with Crippen molar-refractivity contribution >= 4 is 28.6 Å². The highest BCUT2D eigenvalue weighted by Crippen LogP contribution is 2.29. The number of imide groups is 1. The fourth-order valence-corrected chi connectivity index (χ4v) is 2.32. The van der Waals surface area contributed by atoms with Crippen molar-refractivity contribution in [3.63, 3.8) is 0 Å². The molecule has 5 nitrogen and oxygen atoms in total. The van der Waals surface area contributed by atoms with Gasteiger partial charge in [0.05, 0.1) is 18.2 Å². The summed E-state index contributed by atoms with van der Waals surface area (Å²) in [6.45, 7) is 0. The minimum Gasteiger partial charge on any atom is -0.465 e. The number of rotatable bonds is 1. The maximum Gasteiger partial charge on any atom is 0.338 e. The summed E-state index contributed by atoms with van der Waals surface area (Å²) in [7, 11) is 1.25. The fraction of sp³-hybridized carbons (Fsp3) is 0.0714. The smallest absolute Gasteiger partial charge is 0.338 e. The van der Waals surface area contributed by atoms with Gasteiger partial charge >= 0.3 is 5.97 Å². The lowest BCUT2D eigenvalue weighted by atomic mass is 9.91. The van der Waals surface area contributed by atoms with Crippen LogP contribution >= 0.6 is 0 Å². The van der Waals surface area contributed by atoms with Gasteiger partial charge in [0.1, 0.15) is 0 Å². The van der Waals surface area contributed by atoms with Crippen molar-refractivity contribution < 1.29 is 19.1 Å². The van der Waals surface area contributed by atoms with E-state index in [4.69, 9.17) is 0 Å². The van der Waals surface area contributed by atoms with E-state index in [2.05, 4.69) is 10.1 Å². The number of esters is 1. The maximum absolute atomic E-state index is 12.0. The van der Waals surface area contributed by atoms with Crippen LogP contribution in [0.5, 0.6) is 0 Å². The van der Waals surface area contributed by atoms with Gasteiger partial charge in [-0.25, -0.2) is 4.79 Å². The molecule has 0 fully saturated rings. The van der Waals surface area contributed by atoms with Gasteiger partial charge < -0.3 is 4.74 Å². The largest absolute Gasteiger partial charge is 0.465 e. The first-order chi connectivity index (χ1) is 9.13. The number of carbonyl (C=O) groups is 3. The molecular formula is C14H9NO4. The minimum atomic E-state index is -0.601. The molecular weight excluding hydrogens is 246 g/mol. The summed E-state index contributed by atoms with van der Waals surface area (Å²) in [6.07, 6.45) is 0. The molecule has 1 aliphatic heterocycles. The predicted molar refractivity (Wildman–Crippen MR) is 67.1 cm³/mol. The molecule has 5 heteroatoms. The van der Waals surface area contributed by atoms with E-state index in [1.807, 2.05) is 0 Å². The summed E-state index contributed by atoms with van der Waals surface area (Å²) in [5, 5.41) is 3.47. The van der Waals surface area contributed by atoms with Crippen molar-refractivity contribution in [1.29, 1.82) is 0 Å². The van der Waals surface area contributed by atoms with Crippen LogP contribution in [0, 0.1) is 0 Å². The van der Waals surface area contributed by atoms with Crippen molar-refractivity contribution in [2.45, 2.75) is 0 Å². The lowest BCUT2D eigenvalue weighted by molar-refractivity contribution is 0.0595. The first-order valence-corrected chi connectivity index (χ1v) is 5.63. The highest BCUT2D eigenvalue weighted by atomic mass is 16.5. The zero-order chi connectivity index (χ0) is 13.6. The third kappa shape index (κ3) is 1.52. The second-order valence-electron chi connectivity index (χ2n) is 4.17. The molecule has 0 saturated heterocycles. The van der Waals surface area contributed by atoms with Crippen LogP contribution in [-0.2, 0) is 4.74 Å². The molecule has 1 heterocycles. The molecule has 0 spiro atoms. The van der Waals surface area contributed by atoms with Crippen molar-refractivity contribution in [1.82, 2.24) is 5.32 Å². The highest BCUT2D eigenvalue weighted by molar-refractivity contribution is 6.28. The van der Waals surface area contributed by atoms with Crippen LogP contribution < -0.4 is 5.32 Å². The standard InChI is InChI=1S/C14H9NO4/c1-19-14(18)9-6-5-7-3-2-4-8-10(7)11(9)13(17)15-12(8)16/h2-6H,1H3,(H,15,16,17). The molecule has 94 valence electrons. The number of hydrogen-bond acceptors (Lipinski definition) is 4. The molecule has 0 atom stereocenters. The average molecular weight is 255 g/mol. The van der Waals surface area contributed by atoms with Crippen LogP contribution in [0.25, 0.3) is 10.8 Å². The molecule has 1 aliphatic rings. The third-order valence-electron chi connectivity index (χ3n) is 3.15. The average Bonchev–Trinajstić information content (AvgIpc) is 2.43. The Morgan fingerprint density at radius 1 is 1.11 bits per heavy atom. The van der Waals surface area contributed by atoms with E-state index in [0.717, 1.165) is 5.39 Å². The minimum absolute atomic E-state index is 0.160. The van der Waals surface area contributed by atoms with Crippen molar-refractivity contribution in [2.24, 2.45) is 0 Å². The fourth-order valence-electron chi connectivity index (χ4n) is 2.32. The molecule has 2 aromatic rings. The van der Waals surface area contributed by atoms with Crippen LogP contribution in [0.1, 0.15) is 31.1 Å². The number of amides is 2. The first-order valence-electron chi connectivity index (χ1n) is 5.63. The van der Waals surface area contributed by atoms with Gasteiger partial charge in [-0.3, -0.25) is 14.9 Å². The number of ether oxygens (including phenoxy) is 1. The molecule has 2 aromatic carbocycles. The van der Waals surface area contributed by atoms with Gasteiger partial charge in [0.2, 0.25) is 0 Å². The molecule has 0 unspecified atom stereocenters. The molecule has 0 saturated carbocycles. The van der Waals surface area contributed by atoms with Gasteiger partial charge in [-0.15, -0.1) is 0 Å². The first kappa shape index (κ1) is 11.4. The summed E-state index contributed by atoms with van der Waals surface area (Å²) in [5.41, 5.74) is 0.741. The summed E-state index contributed by atoms with van der Waals surface area (Å²) < 4.78 is 4.66. The number of benzene rings is 2. The zero-order valence-electron chi connectivity index (χ0n) is 10.0. The second-order valence-corrected chi connectivity index (χ2v) is 4.17. The van der Waals surface area contributed by atoms with Crippen LogP contribution in [0.3, 0.4) is 0 Å². The lowest BCUT2D eigenvalue weighted by Crippen LogP contribution is -2.36. The summed E-state index contributed by atoms with van der Waals surface area (Å²) >= 11 is 0. The highest BCUT2D eigenvalue weighted by Gasteiger charge is 2.29. The Hall–Kier alpha value is -2.69. The third-order valence-corrected chi connectivity index (χ3v) is 3.15. The van der Waals surface area contributed by atoms with Crippen molar-refractivity contribution in [3.05, 3.63) is 47.0 Å². The van der Waals surface area contributed by atoms with Gasteiger partial charge in [0.25, 0.3) is 11.8 Å². The molecule has 1 N–H and O–H groups in total. The quantitative estimate of drug-likeness (QED) is 0.619. The Labute approximate surface area is 108 Å². The molecule has 0 aliphatic carbocycles. The van der Waals surface area contributed by atoms with Gasteiger partial charge in [-0.2, -0.15) is 0 Å². The number of hydrogen-bond donors (Lipinski definition) is 1. The molecule has 3 rings (SSSR count). The molecule has 19 heavy (non-hydrogen) atoms. The van der Waals surface area contributed by atoms with Crippen molar-refractivity contribution in [2.75, 3.05) is 7.11 Å². The van der Waals surface area contributed by atoms with Crippen molar-refractivity contribution in [3.8, 4) is 0 Å². The van der Waals surface area contributed by atoms with Crippen LogP contribution in [0.15, 0.2) is 30.3 Å². The predicted octanol–water partition coefficient (Wildman–Crippen LogP) is 1.51. The van der Waals surface area contributed by atoms with Crippen LogP contribution in [-0.4, -0.2) is 24.9 Å². The van der Waals surface area contributed by atoms with Crippen LogP contribution in [0.4, 0.5) is 0 Å². The van der Waals surface area contributed by atoms with Gasteiger partial charge in [-0.05, 0) is 17.5 Å². The Balaban J connectivity index is 2.47. The van der Waals surface area contributed by atoms with Gasteiger partial charge in [0, 0.05) is 10.9 Å². The Morgan fingerprint density at radius 3 is 2.63 bits per heavy atom.